The molecule has 0 spiro atoms. The Bertz CT molecular complexity index is 1500. The Hall–Kier alpha value is -4.79. The molecule has 0 fully saturated rings. The third-order valence-electron chi connectivity index (χ3n) is 6.41. The molecular formula is C28H15F3O6. The minimum Gasteiger partial charge on any atom is -0.507 e. The maximum Gasteiger partial charge on any atom is 0.416 e. The van der Waals surface area contributed by atoms with Crippen LogP contribution in [0.2, 0.25) is 0 Å². The molecule has 0 saturated heterocycles. The second-order valence-corrected chi connectivity index (χ2v) is 8.49. The van der Waals surface area contributed by atoms with Crippen molar-refractivity contribution >= 4 is 34.7 Å². The fourth-order valence-electron chi connectivity index (χ4n) is 4.65. The lowest BCUT2D eigenvalue weighted by Crippen LogP contribution is -2.33. The number of rotatable bonds is 3. The molecule has 0 bridgehead atoms. The van der Waals surface area contributed by atoms with E-state index in [0.717, 1.165) is 12.1 Å². The van der Waals surface area contributed by atoms with E-state index in [1.165, 1.54) is 48.5 Å². The fraction of sp³-hybridized carbons (Fsp3) is 0.0714. The van der Waals surface area contributed by atoms with E-state index in [1.54, 1.807) is 0 Å². The number of carbonyl (C=O) groups is 4. The van der Waals surface area contributed by atoms with Gasteiger partial charge in [-0.2, -0.15) is 13.2 Å². The number of allylic oxidation sites excluding steroid dienone is 2. The Morgan fingerprint density at radius 2 is 0.919 bits per heavy atom. The maximum atomic E-state index is 13.3. The number of hydrogen-bond acceptors (Lipinski definition) is 6. The van der Waals surface area contributed by atoms with E-state index >= 15 is 0 Å². The Balaban J connectivity index is 1.83. The summed E-state index contributed by atoms with van der Waals surface area (Å²) in [5.74, 6) is -7.59. The van der Waals surface area contributed by atoms with Gasteiger partial charge in [-0.3, -0.25) is 19.2 Å². The van der Waals surface area contributed by atoms with Crippen molar-refractivity contribution in [2.75, 3.05) is 0 Å². The number of fused-ring (bicyclic) bond motifs is 2. The second-order valence-electron chi connectivity index (χ2n) is 8.49. The van der Waals surface area contributed by atoms with Crippen molar-refractivity contribution in [3.63, 3.8) is 0 Å². The number of halogens is 3. The first-order chi connectivity index (χ1) is 17.5. The highest BCUT2D eigenvalue weighted by atomic mass is 19.4. The predicted octanol–water partition coefficient (Wildman–Crippen LogP) is 5.26. The minimum atomic E-state index is -4.69. The average molecular weight is 504 g/mol. The van der Waals surface area contributed by atoms with Crippen LogP contribution in [-0.2, 0) is 15.8 Å². The number of alkyl halides is 3. The molecule has 6 nitrogen and oxygen atoms in total. The van der Waals surface area contributed by atoms with Crippen molar-refractivity contribution in [1.82, 2.24) is 0 Å². The van der Waals surface area contributed by atoms with Crippen molar-refractivity contribution in [3.05, 3.63) is 117 Å². The van der Waals surface area contributed by atoms with Crippen LogP contribution in [0.5, 0.6) is 0 Å². The summed E-state index contributed by atoms with van der Waals surface area (Å²) in [5, 5.41) is 22.2. The smallest absolute Gasteiger partial charge is 0.416 e. The molecule has 0 aliphatic heterocycles. The molecule has 0 aromatic heterocycles. The molecule has 2 aliphatic carbocycles. The molecule has 9 heteroatoms. The molecule has 0 atom stereocenters. The van der Waals surface area contributed by atoms with E-state index in [1.807, 2.05) is 0 Å². The van der Waals surface area contributed by atoms with Crippen LogP contribution in [0, 0.1) is 0 Å². The molecule has 2 N–H and O–H groups in total. The van der Waals surface area contributed by atoms with Gasteiger partial charge in [-0.15, -0.1) is 0 Å². The van der Waals surface area contributed by atoms with E-state index in [0.29, 0.717) is 12.1 Å². The number of ketones is 4. The maximum absolute atomic E-state index is 13.3. The van der Waals surface area contributed by atoms with Gasteiger partial charge in [0.15, 0.2) is 0 Å². The van der Waals surface area contributed by atoms with Crippen molar-refractivity contribution < 1.29 is 42.6 Å². The normalized spacial score (nSPS) is 15.9. The lowest BCUT2D eigenvalue weighted by atomic mass is 9.72. The van der Waals surface area contributed by atoms with Crippen LogP contribution in [0.3, 0.4) is 0 Å². The minimum absolute atomic E-state index is 0.0333. The third kappa shape index (κ3) is 3.67. The number of aliphatic hydroxyl groups excluding tert-OH is 2. The van der Waals surface area contributed by atoms with Crippen LogP contribution in [-0.4, -0.2) is 33.3 Å². The molecule has 0 amide bonds. The molecule has 0 unspecified atom stereocenters. The molecule has 3 aromatic rings. The molecular weight excluding hydrogens is 489 g/mol. The summed E-state index contributed by atoms with van der Waals surface area (Å²) in [6.45, 7) is 0. The Labute approximate surface area is 207 Å². The molecule has 2 aliphatic rings. The van der Waals surface area contributed by atoms with Gasteiger partial charge in [0.2, 0.25) is 23.1 Å². The largest absolute Gasteiger partial charge is 0.507 e. The highest BCUT2D eigenvalue weighted by Gasteiger charge is 2.45. The van der Waals surface area contributed by atoms with Gasteiger partial charge >= 0.3 is 6.18 Å². The van der Waals surface area contributed by atoms with Crippen LogP contribution in [0.1, 0.15) is 48.9 Å². The Morgan fingerprint density at radius 3 is 1.30 bits per heavy atom. The zero-order chi connectivity index (χ0) is 26.6. The van der Waals surface area contributed by atoms with Gasteiger partial charge in [-0.05, 0) is 17.7 Å². The molecule has 0 saturated carbocycles. The zero-order valence-electron chi connectivity index (χ0n) is 18.7. The fourth-order valence-corrected chi connectivity index (χ4v) is 4.65. The molecule has 37 heavy (non-hydrogen) atoms. The van der Waals surface area contributed by atoms with Gasteiger partial charge in [-0.1, -0.05) is 60.7 Å². The molecule has 184 valence electrons. The SMILES string of the molecule is O=C1C(=O)c2ccccc2C(O)=C1C(C1=C(O)c2ccccc2C(=O)C1=O)c1ccc(C(F)(F)F)cc1. The quantitative estimate of drug-likeness (QED) is 0.471. The van der Waals surface area contributed by atoms with Crippen LogP contribution < -0.4 is 0 Å². The van der Waals surface area contributed by atoms with Gasteiger partial charge in [0.05, 0.1) is 16.7 Å². The van der Waals surface area contributed by atoms with Crippen molar-refractivity contribution in [1.29, 1.82) is 0 Å². The van der Waals surface area contributed by atoms with E-state index in [2.05, 4.69) is 0 Å². The van der Waals surface area contributed by atoms with Gasteiger partial charge in [0.1, 0.15) is 11.5 Å². The van der Waals surface area contributed by atoms with Crippen molar-refractivity contribution in [2.45, 2.75) is 12.1 Å². The number of Topliss-reactive ketones (excluding diaryl/α,β-unsaturated/α-hetero) is 4. The van der Waals surface area contributed by atoms with Crippen LogP contribution >= 0.6 is 0 Å². The number of benzene rings is 3. The third-order valence-corrected chi connectivity index (χ3v) is 6.41. The lowest BCUT2D eigenvalue weighted by Gasteiger charge is -2.29. The van der Waals surface area contributed by atoms with Crippen molar-refractivity contribution in [2.24, 2.45) is 0 Å². The van der Waals surface area contributed by atoms with E-state index in [9.17, 15) is 42.6 Å². The Kier molecular flexibility index (Phi) is 5.44. The summed E-state index contributed by atoms with van der Waals surface area (Å²) in [6, 6.07) is 14.6. The summed E-state index contributed by atoms with van der Waals surface area (Å²) in [7, 11) is 0. The monoisotopic (exact) mass is 504 g/mol. The molecule has 3 aromatic carbocycles. The van der Waals surface area contributed by atoms with Crippen LogP contribution in [0.15, 0.2) is 83.9 Å². The van der Waals surface area contributed by atoms with E-state index in [4.69, 9.17) is 0 Å². The van der Waals surface area contributed by atoms with Crippen molar-refractivity contribution in [3.8, 4) is 0 Å². The molecule has 0 radical (unpaired) electrons. The van der Waals surface area contributed by atoms with Crippen LogP contribution in [0.4, 0.5) is 13.2 Å². The highest BCUT2D eigenvalue weighted by Crippen LogP contribution is 2.45. The lowest BCUT2D eigenvalue weighted by molar-refractivity contribution is -0.137. The van der Waals surface area contributed by atoms with Gasteiger partial charge in [-0.25, -0.2) is 0 Å². The highest BCUT2D eigenvalue weighted by molar-refractivity contribution is 6.55. The first-order valence-electron chi connectivity index (χ1n) is 10.9. The number of hydrogen-bond donors (Lipinski definition) is 2. The van der Waals surface area contributed by atoms with E-state index in [-0.39, 0.29) is 27.8 Å². The van der Waals surface area contributed by atoms with Gasteiger partial charge in [0.25, 0.3) is 0 Å². The van der Waals surface area contributed by atoms with Gasteiger partial charge in [0, 0.05) is 28.2 Å². The van der Waals surface area contributed by atoms with E-state index < -0.39 is 63.5 Å². The topological polar surface area (TPSA) is 109 Å². The summed E-state index contributed by atoms with van der Waals surface area (Å²) in [4.78, 5) is 52.4. The standard InChI is InChI=1S/C28H15F3O6/c29-28(30,31)14-11-9-13(10-12-14)19(20-22(32)15-5-1-3-7-17(15)24(34)26(20)36)21-23(33)16-6-2-4-8-18(16)25(35)27(21)37/h1-12,19,32-33H. The summed E-state index contributed by atoms with van der Waals surface area (Å²) in [5.41, 5.74) is -2.69. The van der Waals surface area contributed by atoms with Crippen LogP contribution in [0.25, 0.3) is 11.5 Å². The summed E-state index contributed by atoms with van der Waals surface area (Å²) in [6.07, 6.45) is -4.69. The average Bonchev–Trinajstić information content (AvgIpc) is 2.89. The first kappa shape index (κ1) is 23.9. The predicted molar refractivity (Wildman–Crippen MR) is 125 cm³/mol. The Morgan fingerprint density at radius 1 is 0.541 bits per heavy atom. The number of aliphatic hydroxyl groups is 2. The molecule has 5 rings (SSSR count). The summed E-state index contributed by atoms with van der Waals surface area (Å²) >= 11 is 0. The van der Waals surface area contributed by atoms with Gasteiger partial charge < -0.3 is 10.2 Å². The second kappa shape index (κ2) is 8.41. The zero-order valence-corrected chi connectivity index (χ0v) is 18.7. The molecule has 0 heterocycles. The first-order valence-corrected chi connectivity index (χ1v) is 10.9. The summed E-state index contributed by atoms with van der Waals surface area (Å²) < 4.78 is 39.6. The number of carbonyl (C=O) groups excluding carboxylic acids is 4.